The molecule has 1 aliphatic rings. The minimum absolute atomic E-state index is 0.0986. The average molecular weight is 446 g/mol. The molecule has 0 saturated carbocycles. The van der Waals surface area contributed by atoms with Crippen molar-refractivity contribution >= 4 is 11.8 Å². The lowest BCUT2D eigenvalue weighted by Crippen LogP contribution is -2.35. The van der Waals surface area contributed by atoms with Gasteiger partial charge in [-0.2, -0.15) is 0 Å². The van der Waals surface area contributed by atoms with Crippen LogP contribution in [0.25, 0.3) is 0 Å². The molecule has 7 heteroatoms. The van der Waals surface area contributed by atoms with Crippen LogP contribution in [0, 0.1) is 5.92 Å². The van der Waals surface area contributed by atoms with Crippen molar-refractivity contribution in [3.05, 3.63) is 89.7 Å². The number of carbonyl (C=O) groups excluding carboxylic acids is 2. The summed E-state index contributed by atoms with van der Waals surface area (Å²) in [6.07, 6.45) is 1.70. The zero-order valence-corrected chi connectivity index (χ0v) is 18.7. The van der Waals surface area contributed by atoms with Gasteiger partial charge in [0.2, 0.25) is 5.91 Å². The Hall–Kier alpha value is -3.87. The minimum Gasteiger partial charge on any atom is -0.497 e. The maximum absolute atomic E-state index is 13.2. The number of pyridine rings is 1. The largest absolute Gasteiger partial charge is 0.497 e. The highest BCUT2D eigenvalue weighted by Crippen LogP contribution is 2.35. The summed E-state index contributed by atoms with van der Waals surface area (Å²) in [4.78, 5) is 32.4. The molecule has 170 valence electrons. The lowest BCUT2D eigenvalue weighted by Gasteiger charge is -2.18. The number of methoxy groups -OCH3 is 2. The molecule has 1 fully saturated rings. The highest BCUT2D eigenvalue weighted by molar-refractivity contribution is 5.95. The van der Waals surface area contributed by atoms with E-state index in [9.17, 15) is 9.59 Å². The molecule has 4 rings (SSSR count). The number of hydrogen-bond donors (Lipinski definition) is 1. The number of likely N-dealkylation sites (tertiary alicyclic amines) is 1. The molecule has 1 aromatic heterocycles. The second kappa shape index (κ2) is 10.2. The Bertz CT molecular complexity index is 1100. The van der Waals surface area contributed by atoms with Crippen molar-refractivity contribution in [3.8, 4) is 11.5 Å². The number of benzene rings is 2. The summed E-state index contributed by atoms with van der Waals surface area (Å²) in [7, 11) is 3.20. The second-order valence-corrected chi connectivity index (χ2v) is 7.97. The van der Waals surface area contributed by atoms with Crippen LogP contribution in [-0.2, 0) is 11.3 Å². The van der Waals surface area contributed by atoms with Gasteiger partial charge in [-0.1, -0.05) is 18.2 Å². The number of aromatic nitrogens is 1. The van der Waals surface area contributed by atoms with Crippen LogP contribution in [0.15, 0.2) is 72.9 Å². The molecule has 1 N–H and O–H groups in total. The molecular weight excluding hydrogens is 418 g/mol. The first-order valence-corrected chi connectivity index (χ1v) is 10.8. The van der Waals surface area contributed by atoms with Crippen molar-refractivity contribution in [2.75, 3.05) is 27.3 Å². The number of nitrogens with one attached hydrogen (secondary N) is 1. The first-order chi connectivity index (χ1) is 16.1. The van der Waals surface area contributed by atoms with Gasteiger partial charge in [-0.15, -0.1) is 0 Å². The molecule has 0 aliphatic carbocycles. The molecule has 33 heavy (non-hydrogen) atoms. The van der Waals surface area contributed by atoms with E-state index < -0.39 is 0 Å². The predicted molar refractivity (Wildman–Crippen MR) is 124 cm³/mol. The Balaban J connectivity index is 1.55. The van der Waals surface area contributed by atoms with E-state index in [4.69, 9.17) is 9.47 Å². The minimum atomic E-state index is -0.386. The monoisotopic (exact) mass is 445 g/mol. The van der Waals surface area contributed by atoms with Crippen molar-refractivity contribution in [2.24, 2.45) is 5.92 Å². The van der Waals surface area contributed by atoms with Gasteiger partial charge in [0, 0.05) is 30.8 Å². The van der Waals surface area contributed by atoms with Gasteiger partial charge in [-0.3, -0.25) is 14.6 Å². The molecule has 2 amide bonds. The highest BCUT2D eigenvalue weighted by Gasteiger charge is 2.40. The smallest absolute Gasteiger partial charge is 0.253 e. The third-order valence-electron chi connectivity index (χ3n) is 5.97. The lowest BCUT2D eigenvalue weighted by molar-refractivity contribution is -0.125. The van der Waals surface area contributed by atoms with Crippen LogP contribution in [0.5, 0.6) is 11.5 Å². The molecule has 7 nitrogen and oxygen atoms in total. The highest BCUT2D eigenvalue weighted by atomic mass is 16.5. The van der Waals surface area contributed by atoms with Crippen molar-refractivity contribution in [2.45, 2.75) is 12.5 Å². The molecule has 1 aliphatic heterocycles. The summed E-state index contributed by atoms with van der Waals surface area (Å²) in [6.45, 7) is 1.12. The molecule has 2 aromatic carbocycles. The third-order valence-corrected chi connectivity index (χ3v) is 5.97. The molecule has 0 bridgehead atoms. The van der Waals surface area contributed by atoms with Gasteiger partial charge in [-0.25, -0.2) is 0 Å². The molecular formula is C26H27N3O4. The predicted octanol–water partition coefficient (Wildman–Crippen LogP) is 3.27. The average Bonchev–Trinajstić information content (AvgIpc) is 3.33. The Kier molecular flexibility index (Phi) is 6.88. The molecule has 2 atom stereocenters. The quantitative estimate of drug-likeness (QED) is 0.604. The van der Waals surface area contributed by atoms with Crippen LogP contribution in [0.4, 0.5) is 0 Å². The normalized spacial score (nSPS) is 17.5. The number of rotatable bonds is 7. The summed E-state index contributed by atoms with van der Waals surface area (Å²) in [5, 5.41) is 3.00. The molecule has 0 radical (unpaired) electrons. The summed E-state index contributed by atoms with van der Waals surface area (Å²) >= 11 is 0. The van der Waals surface area contributed by atoms with Gasteiger partial charge in [0.15, 0.2) is 0 Å². The van der Waals surface area contributed by atoms with Crippen molar-refractivity contribution in [1.82, 2.24) is 15.2 Å². The molecule has 2 unspecified atom stereocenters. The maximum atomic E-state index is 13.2. The van der Waals surface area contributed by atoms with Crippen LogP contribution in [0.3, 0.4) is 0 Å². The maximum Gasteiger partial charge on any atom is 0.253 e. The Morgan fingerprint density at radius 1 is 0.970 bits per heavy atom. The lowest BCUT2D eigenvalue weighted by atomic mass is 9.88. The van der Waals surface area contributed by atoms with Gasteiger partial charge in [-0.05, 0) is 54.1 Å². The Morgan fingerprint density at radius 2 is 1.76 bits per heavy atom. The van der Waals surface area contributed by atoms with Crippen molar-refractivity contribution < 1.29 is 19.1 Å². The van der Waals surface area contributed by atoms with Crippen LogP contribution in [0.1, 0.15) is 27.5 Å². The van der Waals surface area contributed by atoms with Gasteiger partial charge >= 0.3 is 0 Å². The molecule has 2 heterocycles. The van der Waals surface area contributed by atoms with Gasteiger partial charge < -0.3 is 19.7 Å². The number of carbonyl (C=O) groups is 2. The topological polar surface area (TPSA) is 80.8 Å². The van der Waals surface area contributed by atoms with E-state index in [1.807, 2.05) is 42.5 Å². The fraction of sp³-hybridized carbons (Fsp3) is 0.269. The SMILES string of the molecule is COc1ccc(C(=O)N2CC(C(=O)NCc3ccccn3)C(c3cccc(OC)c3)C2)cc1. The zero-order chi connectivity index (χ0) is 23.2. The zero-order valence-electron chi connectivity index (χ0n) is 18.7. The van der Waals surface area contributed by atoms with Crippen molar-refractivity contribution in [3.63, 3.8) is 0 Å². The summed E-state index contributed by atoms with van der Waals surface area (Å²) < 4.78 is 10.6. The first-order valence-electron chi connectivity index (χ1n) is 10.8. The van der Waals surface area contributed by atoms with E-state index in [0.29, 0.717) is 30.9 Å². The fourth-order valence-electron chi connectivity index (χ4n) is 4.17. The third kappa shape index (κ3) is 5.14. The second-order valence-electron chi connectivity index (χ2n) is 7.97. The summed E-state index contributed by atoms with van der Waals surface area (Å²) in [5.41, 5.74) is 2.32. The number of hydrogen-bond acceptors (Lipinski definition) is 5. The Morgan fingerprint density at radius 3 is 2.45 bits per heavy atom. The van der Waals surface area contributed by atoms with E-state index in [0.717, 1.165) is 17.0 Å². The molecule has 0 spiro atoms. The van der Waals surface area contributed by atoms with E-state index in [2.05, 4.69) is 10.3 Å². The Labute approximate surface area is 193 Å². The van der Waals surface area contributed by atoms with E-state index in [1.165, 1.54) is 0 Å². The van der Waals surface area contributed by atoms with Gasteiger partial charge in [0.05, 0.1) is 32.4 Å². The van der Waals surface area contributed by atoms with Crippen LogP contribution in [-0.4, -0.2) is 49.0 Å². The number of amides is 2. The summed E-state index contributed by atoms with van der Waals surface area (Å²) in [5.74, 6) is 0.673. The number of nitrogens with zero attached hydrogens (tertiary/aromatic N) is 2. The number of ether oxygens (including phenoxy) is 2. The fourth-order valence-corrected chi connectivity index (χ4v) is 4.17. The van der Waals surface area contributed by atoms with E-state index in [-0.39, 0.29) is 23.7 Å². The van der Waals surface area contributed by atoms with Crippen molar-refractivity contribution in [1.29, 1.82) is 0 Å². The van der Waals surface area contributed by atoms with Crippen LogP contribution in [0.2, 0.25) is 0 Å². The first kappa shape index (κ1) is 22.3. The van der Waals surface area contributed by atoms with E-state index >= 15 is 0 Å². The van der Waals surface area contributed by atoms with E-state index in [1.54, 1.807) is 49.6 Å². The molecule has 3 aromatic rings. The molecule has 1 saturated heterocycles. The van der Waals surface area contributed by atoms with Crippen LogP contribution < -0.4 is 14.8 Å². The van der Waals surface area contributed by atoms with Gasteiger partial charge in [0.1, 0.15) is 11.5 Å². The standard InChI is InChI=1S/C26H27N3O4/c1-32-21-11-9-18(10-12-21)26(31)29-16-23(19-6-5-8-22(14-19)33-2)24(17-29)25(30)28-15-20-7-3-4-13-27-20/h3-14,23-24H,15-17H2,1-2H3,(H,28,30). The van der Waals surface area contributed by atoms with Crippen LogP contribution >= 0.6 is 0 Å². The van der Waals surface area contributed by atoms with Gasteiger partial charge in [0.25, 0.3) is 5.91 Å². The summed E-state index contributed by atoms with van der Waals surface area (Å²) in [6, 6.07) is 20.3.